The minimum atomic E-state index is -2.29. The predicted octanol–water partition coefficient (Wildman–Crippen LogP) is 1.69. The van der Waals surface area contributed by atoms with E-state index in [1.54, 1.807) is 6.92 Å². The van der Waals surface area contributed by atoms with E-state index in [-0.39, 0.29) is 6.61 Å². The van der Waals surface area contributed by atoms with Gasteiger partial charge in [0.15, 0.2) is 6.33 Å². The summed E-state index contributed by atoms with van der Waals surface area (Å²) in [4.78, 5) is 0. The molecule has 0 spiro atoms. The van der Waals surface area contributed by atoms with Gasteiger partial charge in [-0.1, -0.05) is 0 Å². The van der Waals surface area contributed by atoms with Gasteiger partial charge in [-0.25, -0.2) is 4.39 Å². The van der Waals surface area contributed by atoms with Gasteiger partial charge in [0.25, 0.3) is 6.08 Å². The van der Waals surface area contributed by atoms with Crippen molar-refractivity contribution in [3.8, 4) is 0 Å². The molecule has 0 aromatic carbocycles. The number of hydrogen-bond acceptors (Lipinski definition) is 1. The first-order valence-electron chi connectivity index (χ1n) is 1.91. The minimum Gasteiger partial charge on any atom is -0.397 e. The summed E-state index contributed by atoms with van der Waals surface area (Å²) >= 11 is 0. The van der Waals surface area contributed by atoms with Crippen molar-refractivity contribution in [2.45, 2.75) is 6.92 Å². The van der Waals surface area contributed by atoms with Crippen molar-refractivity contribution in [1.29, 1.82) is 0 Å². The lowest BCUT2D eigenvalue weighted by atomic mass is 10.9. The third-order valence-electron chi connectivity index (χ3n) is 0.0825. The monoisotopic (exact) mass is 128 g/mol. The maximum Gasteiger partial charge on any atom is 0.298 e. The summed E-state index contributed by atoms with van der Waals surface area (Å²) in [5.74, 6) is 0. The van der Waals surface area contributed by atoms with Crippen molar-refractivity contribution in [3.05, 3.63) is 12.4 Å². The van der Waals surface area contributed by atoms with Crippen LogP contribution < -0.4 is 0 Å². The summed E-state index contributed by atoms with van der Waals surface area (Å²) in [6, 6.07) is 0. The highest BCUT2D eigenvalue weighted by atomic mass is 19.3. The van der Waals surface area contributed by atoms with Gasteiger partial charge in [0.2, 0.25) is 0 Å². The SMILES string of the molecule is CCO.FC=C(F)F. The number of rotatable bonds is 0. The average molecular weight is 128 g/mol. The van der Waals surface area contributed by atoms with Crippen LogP contribution >= 0.6 is 0 Å². The van der Waals surface area contributed by atoms with Gasteiger partial charge in [-0.2, -0.15) is 8.78 Å². The Bertz CT molecular complexity index is 58.3. The number of aliphatic hydroxyl groups excluding tert-OH is 1. The van der Waals surface area contributed by atoms with E-state index in [0.29, 0.717) is 0 Å². The highest BCUT2D eigenvalue weighted by molar-refractivity contribution is 4.66. The molecule has 0 aliphatic heterocycles. The quantitative estimate of drug-likeness (QED) is 0.526. The second-order valence-corrected chi connectivity index (χ2v) is 0.715. The molecule has 0 atom stereocenters. The average Bonchev–Trinajstić information content (AvgIpc) is 1.69. The van der Waals surface area contributed by atoms with Gasteiger partial charge in [-0.05, 0) is 6.92 Å². The summed E-state index contributed by atoms with van der Waals surface area (Å²) in [6.45, 7) is 1.93. The highest BCUT2D eigenvalue weighted by Gasteiger charge is 1.78. The van der Waals surface area contributed by atoms with E-state index in [1.807, 2.05) is 0 Å². The molecule has 0 unspecified atom stereocenters. The fraction of sp³-hybridized carbons (Fsp3) is 0.500. The molecule has 8 heavy (non-hydrogen) atoms. The summed E-state index contributed by atoms with van der Waals surface area (Å²) in [5.41, 5.74) is 0. The van der Waals surface area contributed by atoms with Crippen molar-refractivity contribution < 1.29 is 18.3 Å². The Kier molecular flexibility index (Phi) is 12.7. The van der Waals surface area contributed by atoms with Crippen LogP contribution in [-0.4, -0.2) is 11.7 Å². The van der Waals surface area contributed by atoms with Crippen LogP contribution in [0.25, 0.3) is 0 Å². The van der Waals surface area contributed by atoms with E-state index < -0.39 is 12.4 Å². The lowest BCUT2D eigenvalue weighted by Crippen LogP contribution is -1.57. The fourth-order valence-corrected chi connectivity index (χ4v) is 0. The predicted molar refractivity (Wildman–Crippen MR) is 24.2 cm³/mol. The zero-order chi connectivity index (χ0) is 6.99. The first-order valence-corrected chi connectivity index (χ1v) is 1.91. The first kappa shape index (κ1) is 10.5. The molecule has 50 valence electrons. The zero-order valence-corrected chi connectivity index (χ0v) is 4.37. The van der Waals surface area contributed by atoms with Crippen molar-refractivity contribution in [1.82, 2.24) is 0 Å². The molecule has 0 saturated heterocycles. The number of aliphatic hydroxyl groups is 1. The molecule has 0 amide bonds. The van der Waals surface area contributed by atoms with Gasteiger partial charge in [0.05, 0.1) is 0 Å². The third-order valence-corrected chi connectivity index (χ3v) is 0.0825. The highest BCUT2D eigenvalue weighted by Crippen LogP contribution is 1.93. The molecule has 0 aliphatic rings. The van der Waals surface area contributed by atoms with Crippen molar-refractivity contribution in [3.63, 3.8) is 0 Å². The van der Waals surface area contributed by atoms with Gasteiger partial charge in [-0.15, -0.1) is 0 Å². The van der Waals surface area contributed by atoms with Gasteiger partial charge in [0, 0.05) is 6.61 Å². The molecule has 0 heterocycles. The molecule has 1 N–H and O–H groups in total. The molecule has 0 aromatic heterocycles. The van der Waals surface area contributed by atoms with Crippen molar-refractivity contribution in [2.24, 2.45) is 0 Å². The van der Waals surface area contributed by atoms with Crippen molar-refractivity contribution >= 4 is 0 Å². The molecule has 0 aliphatic carbocycles. The van der Waals surface area contributed by atoms with Gasteiger partial charge in [0.1, 0.15) is 0 Å². The van der Waals surface area contributed by atoms with E-state index in [0.717, 1.165) is 0 Å². The van der Waals surface area contributed by atoms with Gasteiger partial charge < -0.3 is 5.11 Å². The van der Waals surface area contributed by atoms with Crippen LogP contribution in [0.4, 0.5) is 13.2 Å². The van der Waals surface area contributed by atoms with Crippen LogP contribution in [0.3, 0.4) is 0 Å². The summed E-state index contributed by atoms with van der Waals surface area (Å²) < 4.78 is 30.7. The molecule has 0 rings (SSSR count). The second kappa shape index (κ2) is 9.70. The van der Waals surface area contributed by atoms with E-state index in [1.165, 1.54) is 0 Å². The Morgan fingerprint density at radius 1 is 1.62 bits per heavy atom. The Morgan fingerprint density at radius 2 is 1.75 bits per heavy atom. The molecular weight excluding hydrogens is 121 g/mol. The maximum absolute atomic E-state index is 10.2. The van der Waals surface area contributed by atoms with Crippen LogP contribution in [0.5, 0.6) is 0 Å². The van der Waals surface area contributed by atoms with Gasteiger partial charge in [-0.3, -0.25) is 0 Å². The Balaban J connectivity index is 0. The first-order chi connectivity index (χ1) is 3.68. The standard InChI is InChI=1S/C2HF3.C2H6O/c3-1-2(4)5;1-2-3/h1H;3H,2H2,1H3. The normalized spacial score (nSPS) is 6.62. The van der Waals surface area contributed by atoms with E-state index in [4.69, 9.17) is 5.11 Å². The van der Waals surface area contributed by atoms with E-state index >= 15 is 0 Å². The van der Waals surface area contributed by atoms with Crippen molar-refractivity contribution in [2.75, 3.05) is 6.61 Å². The van der Waals surface area contributed by atoms with Crippen LogP contribution in [0.2, 0.25) is 0 Å². The molecule has 0 saturated carbocycles. The van der Waals surface area contributed by atoms with Crippen LogP contribution in [-0.2, 0) is 0 Å². The molecule has 0 radical (unpaired) electrons. The molecule has 0 bridgehead atoms. The molecule has 0 aromatic rings. The number of halogens is 3. The molecular formula is C4H7F3O. The Morgan fingerprint density at radius 3 is 1.75 bits per heavy atom. The largest absolute Gasteiger partial charge is 0.397 e. The molecule has 1 nitrogen and oxygen atoms in total. The maximum atomic E-state index is 10.2. The van der Waals surface area contributed by atoms with E-state index in [9.17, 15) is 13.2 Å². The summed E-state index contributed by atoms with van der Waals surface area (Å²) in [5, 5.41) is 7.57. The lowest BCUT2D eigenvalue weighted by Gasteiger charge is -1.59. The van der Waals surface area contributed by atoms with Gasteiger partial charge >= 0.3 is 0 Å². The third kappa shape index (κ3) is 49.9. The zero-order valence-electron chi connectivity index (χ0n) is 4.37. The van der Waals surface area contributed by atoms with Crippen LogP contribution in [0.1, 0.15) is 6.92 Å². The van der Waals surface area contributed by atoms with Crippen LogP contribution in [0, 0.1) is 0 Å². The topological polar surface area (TPSA) is 20.2 Å². The Hall–Kier alpha value is -0.510. The fourth-order valence-electron chi connectivity index (χ4n) is 0. The number of hydrogen-bond donors (Lipinski definition) is 1. The smallest absolute Gasteiger partial charge is 0.298 e. The van der Waals surface area contributed by atoms with E-state index in [2.05, 4.69) is 0 Å². The second-order valence-electron chi connectivity index (χ2n) is 0.715. The Labute approximate surface area is 45.4 Å². The van der Waals surface area contributed by atoms with Crippen LogP contribution in [0.15, 0.2) is 12.4 Å². The molecule has 0 fully saturated rings. The molecule has 4 heteroatoms. The lowest BCUT2D eigenvalue weighted by molar-refractivity contribution is 0.318. The minimum absolute atomic E-state index is 0.250. The summed E-state index contributed by atoms with van der Waals surface area (Å²) in [7, 11) is 0. The summed E-state index contributed by atoms with van der Waals surface area (Å²) in [6.07, 6.45) is -3.04.